The average molecular weight is 588 g/mol. The molecular formula is C43H43N2+. The van der Waals surface area contributed by atoms with Crippen LogP contribution in [0.25, 0.3) is 70.9 Å². The second-order valence-corrected chi connectivity index (χ2v) is 15.8. The Balaban J connectivity index is 1.69. The molecule has 8 rings (SSSR count). The maximum atomic E-state index is 2.64. The first-order valence-corrected chi connectivity index (χ1v) is 16.4. The Kier molecular flexibility index (Phi) is 5.95. The summed E-state index contributed by atoms with van der Waals surface area (Å²) in [6.07, 6.45) is 4.33. The quantitative estimate of drug-likeness (QED) is 0.110. The van der Waals surface area contributed by atoms with Gasteiger partial charge < -0.3 is 4.40 Å². The van der Waals surface area contributed by atoms with E-state index in [9.17, 15) is 0 Å². The maximum absolute atomic E-state index is 2.64. The molecule has 0 saturated carbocycles. The van der Waals surface area contributed by atoms with Crippen LogP contribution in [0.1, 0.15) is 58.2 Å². The fourth-order valence-electron chi connectivity index (χ4n) is 8.11. The predicted octanol–water partition coefficient (Wildman–Crippen LogP) is 11.1. The largest absolute Gasteiger partial charge is 0.307 e. The van der Waals surface area contributed by atoms with Crippen LogP contribution in [-0.2, 0) is 19.9 Å². The van der Waals surface area contributed by atoms with Gasteiger partial charge in [-0.05, 0) is 81.3 Å². The molecule has 0 saturated heterocycles. The molecule has 0 aliphatic carbocycles. The molecule has 0 aliphatic heterocycles. The molecule has 3 aromatic heterocycles. The summed E-state index contributed by atoms with van der Waals surface area (Å²) >= 11 is 0. The SMILES string of the molecule is Cc1c2cc(CC(C)(C)C)ccc2c(CC(C)(C)C)c2c1c1c3c(cc[n+]1C)c(-c1ccccc1)cc1c4ccccc4n2c13. The van der Waals surface area contributed by atoms with E-state index in [2.05, 4.69) is 156 Å². The molecule has 0 amide bonds. The van der Waals surface area contributed by atoms with E-state index < -0.39 is 0 Å². The Labute approximate surface area is 266 Å². The van der Waals surface area contributed by atoms with Gasteiger partial charge in [0.05, 0.1) is 27.3 Å². The number of rotatable bonds is 3. The second kappa shape index (κ2) is 9.54. The summed E-state index contributed by atoms with van der Waals surface area (Å²) in [4.78, 5) is 0. The minimum atomic E-state index is 0.119. The third kappa shape index (κ3) is 4.26. The van der Waals surface area contributed by atoms with E-state index in [1.54, 1.807) is 0 Å². The van der Waals surface area contributed by atoms with E-state index in [-0.39, 0.29) is 10.8 Å². The number of benzene rings is 5. The molecule has 0 unspecified atom stereocenters. The van der Waals surface area contributed by atoms with Crippen molar-refractivity contribution in [3.8, 4) is 11.1 Å². The number of nitrogens with zero attached hydrogens (tertiary/aromatic N) is 2. The summed E-state index contributed by atoms with van der Waals surface area (Å²) in [7, 11) is 2.24. The lowest BCUT2D eigenvalue weighted by atomic mass is 9.81. The lowest BCUT2D eigenvalue weighted by Gasteiger charge is -2.25. The smallest absolute Gasteiger partial charge is 0.224 e. The predicted molar refractivity (Wildman–Crippen MR) is 194 cm³/mol. The molecule has 0 fully saturated rings. The van der Waals surface area contributed by atoms with Crippen molar-refractivity contribution in [2.45, 2.75) is 61.3 Å². The highest BCUT2D eigenvalue weighted by molar-refractivity contribution is 6.31. The Morgan fingerprint density at radius 1 is 0.622 bits per heavy atom. The van der Waals surface area contributed by atoms with Crippen molar-refractivity contribution in [1.29, 1.82) is 0 Å². The van der Waals surface area contributed by atoms with Gasteiger partial charge in [0.2, 0.25) is 5.52 Å². The van der Waals surface area contributed by atoms with E-state index in [1.165, 1.54) is 87.6 Å². The lowest BCUT2D eigenvalue weighted by molar-refractivity contribution is -0.643. The highest BCUT2D eigenvalue weighted by Gasteiger charge is 2.30. The molecule has 3 heterocycles. The number of aromatic nitrogens is 2. The Morgan fingerprint density at radius 2 is 1.33 bits per heavy atom. The molecule has 8 aromatic rings. The summed E-state index contributed by atoms with van der Waals surface area (Å²) in [5.41, 5.74) is 12.5. The van der Waals surface area contributed by atoms with Crippen LogP contribution < -0.4 is 4.57 Å². The van der Waals surface area contributed by atoms with E-state index in [0.29, 0.717) is 0 Å². The highest BCUT2D eigenvalue weighted by Crippen LogP contribution is 2.47. The van der Waals surface area contributed by atoms with Crippen molar-refractivity contribution < 1.29 is 4.57 Å². The van der Waals surface area contributed by atoms with Crippen LogP contribution in [0.2, 0.25) is 0 Å². The van der Waals surface area contributed by atoms with E-state index >= 15 is 0 Å². The van der Waals surface area contributed by atoms with Gasteiger partial charge in [-0.15, -0.1) is 0 Å². The van der Waals surface area contributed by atoms with Crippen molar-refractivity contribution in [3.63, 3.8) is 0 Å². The third-order valence-corrected chi connectivity index (χ3v) is 9.75. The average Bonchev–Trinajstić information content (AvgIpc) is 3.32. The van der Waals surface area contributed by atoms with Crippen molar-refractivity contribution in [2.24, 2.45) is 17.9 Å². The van der Waals surface area contributed by atoms with Crippen LogP contribution in [-0.4, -0.2) is 4.40 Å². The van der Waals surface area contributed by atoms with Gasteiger partial charge in [0.15, 0.2) is 6.20 Å². The van der Waals surface area contributed by atoms with E-state index in [1.807, 2.05) is 0 Å². The van der Waals surface area contributed by atoms with Crippen molar-refractivity contribution in [2.75, 3.05) is 0 Å². The van der Waals surface area contributed by atoms with Crippen LogP contribution in [0.4, 0.5) is 0 Å². The highest BCUT2D eigenvalue weighted by atomic mass is 15.0. The number of aryl methyl sites for hydroxylation is 2. The number of hydrogen-bond donors (Lipinski definition) is 0. The Bertz CT molecular complexity index is 2440. The number of hydrogen-bond acceptors (Lipinski definition) is 0. The Morgan fingerprint density at radius 3 is 2.07 bits per heavy atom. The molecule has 0 N–H and O–H groups in total. The normalized spacial score (nSPS) is 13.1. The van der Waals surface area contributed by atoms with Crippen LogP contribution in [0.5, 0.6) is 0 Å². The second-order valence-electron chi connectivity index (χ2n) is 15.8. The van der Waals surface area contributed by atoms with Crippen molar-refractivity contribution >= 4 is 59.8 Å². The molecule has 0 spiro atoms. The van der Waals surface area contributed by atoms with Crippen molar-refractivity contribution in [1.82, 2.24) is 4.40 Å². The molecule has 224 valence electrons. The van der Waals surface area contributed by atoms with Gasteiger partial charge in [0.25, 0.3) is 0 Å². The van der Waals surface area contributed by atoms with Crippen LogP contribution in [0.15, 0.2) is 91.1 Å². The molecule has 2 nitrogen and oxygen atoms in total. The standard InChI is InChI=1S/C43H43N2/c1-26-32-22-27(24-42(2,3)4)18-19-29(32)35(25-43(5,6)7)40-37(26)41-38-31(20-21-44(41)8)33(28-14-10-9-11-15-28)23-34-30-16-12-13-17-36(30)45(40)39(34)38/h9-23H,24-25H2,1-8H3/q+1. The van der Waals surface area contributed by atoms with E-state index in [4.69, 9.17) is 0 Å². The molecule has 2 heteroatoms. The monoisotopic (exact) mass is 587 g/mol. The molecule has 0 aliphatic rings. The van der Waals surface area contributed by atoms with Gasteiger partial charge in [0.1, 0.15) is 7.05 Å². The minimum absolute atomic E-state index is 0.119. The first-order valence-electron chi connectivity index (χ1n) is 16.4. The molecular weight excluding hydrogens is 544 g/mol. The zero-order valence-corrected chi connectivity index (χ0v) is 28.0. The van der Waals surface area contributed by atoms with Gasteiger partial charge in [-0.2, -0.15) is 0 Å². The summed E-state index contributed by atoms with van der Waals surface area (Å²) in [6.45, 7) is 16.5. The number of pyridine rings is 2. The third-order valence-electron chi connectivity index (χ3n) is 9.75. The molecule has 0 radical (unpaired) electrons. The number of fused-ring (bicyclic) bond motifs is 7. The fraction of sp³-hybridized carbons (Fsp3) is 0.279. The molecule has 45 heavy (non-hydrogen) atoms. The number of para-hydroxylation sites is 1. The van der Waals surface area contributed by atoms with Gasteiger partial charge in [-0.1, -0.05) is 108 Å². The van der Waals surface area contributed by atoms with Crippen molar-refractivity contribution in [3.05, 3.63) is 108 Å². The molecule has 0 bridgehead atoms. The summed E-state index contributed by atoms with van der Waals surface area (Å²) in [5.74, 6) is 0. The summed E-state index contributed by atoms with van der Waals surface area (Å²) < 4.78 is 5.02. The fourth-order valence-corrected chi connectivity index (χ4v) is 8.11. The molecule has 0 atom stereocenters. The van der Waals surface area contributed by atoms with Gasteiger partial charge in [-0.25, -0.2) is 4.57 Å². The van der Waals surface area contributed by atoms with Crippen LogP contribution in [0.3, 0.4) is 0 Å². The topological polar surface area (TPSA) is 8.29 Å². The lowest BCUT2D eigenvalue weighted by Crippen LogP contribution is -2.29. The van der Waals surface area contributed by atoms with Crippen LogP contribution >= 0.6 is 0 Å². The zero-order chi connectivity index (χ0) is 31.4. The minimum Gasteiger partial charge on any atom is -0.307 e. The maximum Gasteiger partial charge on any atom is 0.224 e. The van der Waals surface area contributed by atoms with Gasteiger partial charge >= 0.3 is 0 Å². The summed E-state index contributed by atoms with van der Waals surface area (Å²) in [5, 5.41) is 9.48. The van der Waals surface area contributed by atoms with Gasteiger partial charge in [0, 0.05) is 22.2 Å². The van der Waals surface area contributed by atoms with E-state index in [0.717, 1.165) is 12.8 Å². The Hall–Kier alpha value is -4.43. The first kappa shape index (κ1) is 28.1. The van der Waals surface area contributed by atoms with Gasteiger partial charge in [-0.3, -0.25) is 0 Å². The summed E-state index contributed by atoms with van der Waals surface area (Å²) in [6, 6.07) is 32.1. The zero-order valence-electron chi connectivity index (χ0n) is 28.0. The first-order chi connectivity index (χ1) is 21.4. The molecule has 5 aromatic carbocycles. The van der Waals surface area contributed by atoms with Crippen LogP contribution in [0, 0.1) is 17.8 Å².